The van der Waals surface area contributed by atoms with Crippen molar-refractivity contribution in [3.05, 3.63) is 66.9 Å². The van der Waals surface area contributed by atoms with Gasteiger partial charge < -0.3 is 0 Å². The molecular formula is C20H20N4O5S2. The third-order valence-electron chi connectivity index (χ3n) is 5.13. The SMILES string of the molecule is CC(C)n1c(=O)sc2cc(NS(=O)(=O)c3ccc4c(c3)c(=O)n(C)c(=O)n4C)ccc21. The average molecular weight is 461 g/mol. The molecule has 0 unspecified atom stereocenters. The van der Waals surface area contributed by atoms with Crippen LogP contribution < -0.4 is 20.8 Å². The van der Waals surface area contributed by atoms with E-state index >= 15 is 0 Å². The third-order valence-corrected chi connectivity index (χ3v) is 7.43. The second-order valence-electron chi connectivity index (χ2n) is 7.50. The second-order valence-corrected chi connectivity index (χ2v) is 10.2. The van der Waals surface area contributed by atoms with Gasteiger partial charge in [0, 0.05) is 20.1 Å². The van der Waals surface area contributed by atoms with E-state index in [-0.39, 0.29) is 21.2 Å². The highest BCUT2D eigenvalue weighted by Gasteiger charge is 2.18. The lowest BCUT2D eigenvalue weighted by Crippen LogP contribution is -2.37. The number of nitrogens with one attached hydrogen (secondary N) is 1. The summed E-state index contributed by atoms with van der Waals surface area (Å²) in [5.74, 6) is 0. The summed E-state index contributed by atoms with van der Waals surface area (Å²) in [6.07, 6.45) is 0. The Morgan fingerprint density at radius 1 is 0.935 bits per heavy atom. The smallest absolute Gasteiger partial charge is 0.296 e. The molecule has 2 heterocycles. The normalized spacial score (nSPS) is 12.2. The van der Waals surface area contributed by atoms with Crippen molar-refractivity contribution in [3.8, 4) is 0 Å². The summed E-state index contributed by atoms with van der Waals surface area (Å²) in [7, 11) is -1.16. The topological polar surface area (TPSA) is 112 Å². The van der Waals surface area contributed by atoms with Crippen LogP contribution in [-0.4, -0.2) is 22.1 Å². The van der Waals surface area contributed by atoms with Gasteiger partial charge in [0.2, 0.25) is 0 Å². The monoisotopic (exact) mass is 460 g/mol. The Kier molecular flexibility index (Phi) is 4.90. The molecule has 0 saturated carbocycles. The molecule has 1 N–H and O–H groups in total. The van der Waals surface area contributed by atoms with Gasteiger partial charge in [-0.05, 0) is 50.2 Å². The summed E-state index contributed by atoms with van der Waals surface area (Å²) in [6, 6.07) is 8.93. The van der Waals surface area contributed by atoms with E-state index < -0.39 is 21.3 Å². The van der Waals surface area contributed by atoms with Gasteiger partial charge in [-0.2, -0.15) is 0 Å². The maximum absolute atomic E-state index is 13.0. The Morgan fingerprint density at radius 2 is 1.61 bits per heavy atom. The van der Waals surface area contributed by atoms with Gasteiger partial charge >= 0.3 is 10.6 Å². The van der Waals surface area contributed by atoms with Crippen LogP contribution in [0.4, 0.5) is 5.69 Å². The van der Waals surface area contributed by atoms with E-state index in [1.807, 2.05) is 13.8 Å². The van der Waals surface area contributed by atoms with Crippen LogP contribution >= 0.6 is 11.3 Å². The second kappa shape index (κ2) is 7.20. The maximum Gasteiger partial charge on any atom is 0.330 e. The largest absolute Gasteiger partial charge is 0.330 e. The van der Waals surface area contributed by atoms with Crippen molar-refractivity contribution < 1.29 is 8.42 Å². The maximum atomic E-state index is 13.0. The number of sulfonamides is 1. The number of fused-ring (bicyclic) bond motifs is 2. The molecule has 0 amide bonds. The molecule has 0 aliphatic rings. The van der Waals surface area contributed by atoms with Gasteiger partial charge in [0.25, 0.3) is 15.6 Å². The molecule has 162 valence electrons. The van der Waals surface area contributed by atoms with Gasteiger partial charge in [0.1, 0.15) is 0 Å². The first kappa shape index (κ1) is 21.1. The van der Waals surface area contributed by atoms with Crippen molar-refractivity contribution >= 4 is 48.2 Å². The van der Waals surface area contributed by atoms with Gasteiger partial charge in [0.15, 0.2) is 0 Å². The molecule has 2 aromatic carbocycles. The van der Waals surface area contributed by atoms with Crippen LogP contribution in [0, 0.1) is 0 Å². The molecule has 11 heteroatoms. The van der Waals surface area contributed by atoms with Gasteiger partial charge in [0.05, 0.1) is 31.7 Å². The van der Waals surface area contributed by atoms with E-state index in [4.69, 9.17) is 0 Å². The van der Waals surface area contributed by atoms with Gasteiger partial charge in [-0.15, -0.1) is 0 Å². The summed E-state index contributed by atoms with van der Waals surface area (Å²) in [6.45, 7) is 3.81. The van der Waals surface area contributed by atoms with Crippen LogP contribution in [0.25, 0.3) is 21.1 Å². The van der Waals surface area contributed by atoms with E-state index in [9.17, 15) is 22.8 Å². The van der Waals surface area contributed by atoms with Crippen molar-refractivity contribution in [1.82, 2.24) is 13.7 Å². The Hall–Kier alpha value is -3.18. The Bertz CT molecular complexity index is 1640. The molecule has 4 aromatic rings. The number of rotatable bonds is 4. The van der Waals surface area contributed by atoms with Crippen LogP contribution in [0.1, 0.15) is 19.9 Å². The van der Waals surface area contributed by atoms with Crippen molar-refractivity contribution in [1.29, 1.82) is 0 Å². The predicted octanol–water partition coefficient (Wildman–Crippen LogP) is 2.00. The van der Waals surface area contributed by atoms with E-state index in [1.54, 1.807) is 22.8 Å². The lowest BCUT2D eigenvalue weighted by atomic mass is 10.2. The third kappa shape index (κ3) is 3.39. The molecule has 0 saturated heterocycles. The van der Waals surface area contributed by atoms with Crippen molar-refractivity contribution in [2.75, 3.05) is 4.72 Å². The summed E-state index contributed by atoms with van der Waals surface area (Å²) < 4.78 is 33.0. The van der Waals surface area contributed by atoms with E-state index in [1.165, 1.54) is 36.9 Å². The number of aromatic nitrogens is 3. The lowest BCUT2D eigenvalue weighted by Gasteiger charge is -2.12. The molecule has 0 aliphatic carbocycles. The number of aryl methyl sites for hydroxylation is 1. The molecular weight excluding hydrogens is 440 g/mol. The highest BCUT2D eigenvalue weighted by atomic mass is 32.2. The number of benzene rings is 2. The molecule has 2 aromatic heterocycles. The zero-order valence-electron chi connectivity index (χ0n) is 17.2. The first-order valence-corrected chi connectivity index (χ1v) is 11.7. The van der Waals surface area contributed by atoms with Crippen LogP contribution in [0.2, 0.25) is 0 Å². The molecule has 0 atom stereocenters. The first-order chi connectivity index (χ1) is 14.5. The minimum absolute atomic E-state index is 0.0139. The Balaban J connectivity index is 1.79. The summed E-state index contributed by atoms with van der Waals surface area (Å²) in [5, 5.41) is 0.121. The number of thiazole rings is 1. The number of hydrogen-bond acceptors (Lipinski definition) is 6. The van der Waals surface area contributed by atoms with Gasteiger partial charge in [-0.25, -0.2) is 13.2 Å². The molecule has 0 spiro atoms. The molecule has 0 bridgehead atoms. The lowest BCUT2D eigenvalue weighted by molar-refractivity contribution is 0.601. The molecule has 4 rings (SSSR count). The van der Waals surface area contributed by atoms with Crippen LogP contribution in [-0.2, 0) is 24.1 Å². The summed E-state index contributed by atoms with van der Waals surface area (Å²) >= 11 is 1.05. The standard InChI is InChI=1S/C20H20N4O5S2/c1-11(2)24-16-7-5-12(9-17(16)30-20(24)27)21-31(28,29)13-6-8-15-14(10-13)18(25)23(4)19(26)22(15)3/h5-11,21H,1-4H3. The number of anilines is 1. The number of hydrogen-bond donors (Lipinski definition) is 1. The molecule has 31 heavy (non-hydrogen) atoms. The zero-order valence-corrected chi connectivity index (χ0v) is 18.9. The van der Waals surface area contributed by atoms with Gasteiger partial charge in [-0.3, -0.25) is 28.0 Å². The fraction of sp³-hybridized carbons (Fsp3) is 0.250. The minimum Gasteiger partial charge on any atom is -0.296 e. The van der Waals surface area contributed by atoms with Crippen molar-refractivity contribution in [2.24, 2.45) is 14.1 Å². The fourth-order valence-electron chi connectivity index (χ4n) is 3.54. The molecule has 0 aliphatic heterocycles. The highest BCUT2D eigenvalue weighted by Crippen LogP contribution is 2.26. The summed E-state index contributed by atoms with van der Waals surface area (Å²) in [4.78, 5) is 36.6. The highest BCUT2D eigenvalue weighted by molar-refractivity contribution is 7.92. The predicted molar refractivity (Wildman–Crippen MR) is 122 cm³/mol. The Morgan fingerprint density at radius 3 is 2.29 bits per heavy atom. The van der Waals surface area contributed by atoms with Crippen LogP contribution in [0.15, 0.2) is 55.7 Å². The average Bonchev–Trinajstić information content (AvgIpc) is 3.05. The molecule has 0 radical (unpaired) electrons. The summed E-state index contributed by atoms with van der Waals surface area (Å²) in [5.41, 5.74) is 0.317. The van der Waals surface area contributed by atoms with Crippen molar-refractivity contribution in [3.63, 3.8) is 0 Å². The first-order valence-electron chi connectivity index (χ1n) is 9.39. The van der Waals surface area contributed by atoms with E-state index in [0.717, 1.165) is 21.4 Å². The minimum atomic E-state index is -4.01. The van der Waals surface area contributed by atoms with Crippen molar-refractivity contribution in [2.45, 2.75) is 24.8 Å². The van der Waals surface area contributed by atoms with E-state index in [0.29, 0.717) is 15.9 Å². The van der Waals surface area contributed by atoms with Crippen LogP contribution in [0.3, 0.4) is 0 Å². The van der Waals surface area contributed by atoms with Gasteiger partial charge in [-0.1, -0.05) is 11.3 Å². The zero-order chi connectivity index (χ0) is 22.7. The molecule has 0 fully saturated rings. The quantitative estimate of drug-likeness (QED) is 0.501. The Labute approximate surface area is 180 Å². The number of nitrogens with zero attached hydrogens (tertiary/aromatic N) is 3. The van der Waals surface area contributed by atoms with E-state index in [2.05, 4.69) is 4.72 Å². The van der Waals surface area contributed by atoms with Crippen LogP contribution in [0.5, 0.6) is 0 Å². The fourth-order valence-corrected chi connectivity index (χ4v) is 5.67. The molecule has 9 nitrogen and oxygen atoms in total.